The van der Waals surface area contributed by atoms with Crippen LogP contribution >= 0.6 is 0 Å². The number of hydrogen-bond acceptors (Lipinski definition) is 5. The third-order valence-electron chi connectivity index (χ3n) is 4.74. The molecule has 9 heteroatoms. The second kappa shape index (κ2) is 6.90. The summed E-state index contributed by atoms with van der Waals surface area (Å²) in [5.41, 5.74) is 0.994. The molecule has 3 aromatic rings. The molecule has 4 rings (SSSR count). The van der Waals surface area contributed by atoms with E-state index in [0.29, 0.717) is 22.2 Å². The molecular weight excluding hydrogens is 385 g/mol. The molecule has 0 bridgehead atoms. The number of benzene rings is 1. The van der Waals surface area contributed by atoms with Gasteiger partial charge in [0.15, 0.2) is 9.84 Å². The largest absolute Gasteiger partial charge is 0.438 e. The summed E-state index contributed by atoms with van der Waals surface area (Å²) in [4.78, 5) is 18.8. The molecule has 0 saturated carbocycles. The van der Waals surface area contributed by atoms with E-state index in [4.69, 9.17) is 4.74 Å². The number of rotatable bonds is 3. The maximum Gasteiger partial charge on any atom is 0.257 e. The average Bonchev–Trinajstić information content (AvgIpc) is 3.04. The van der Waals surface area contributed by atoms with Crippen LogP contribution in [0.2, 0.25) is 0 Å². The smallest absolute Gasteiger partial charge is 0.257 e. The molecule has 1 aliphatic rings. The van der Waals surface area contributed by atoms with Crippen molar-refractivity contribution in [1.82, 2.24) is 14.5 Å². The predicted octanol–water partition coefficient (Wildman–Crippen LogP) is 2.38. The molecule has 2 aromatic heterocycles. The number of aryl methyl sites for hydroxylation is 1. The molecule has 0 unspecified atom stereocenters. The first kappa shape index (κ1) is 18.4. The van der Waals surface area contributed by atoms with Gasteiger partial charge in [0.25, 0.3) is 5.91 Å². The van der Waals surface area contributed by atoms with Crippen molar-refractivity contribution in [3.8, 4) is 11.6 Å². The van der Waals surface area contributed by atoms with E-state index in [9.17, 15) is 17.6 Å². The molecule has 146 valence electrons. The van der Waals surface area contributed by atoms with Gasteiger partial charge in [0, 0.05) is 38.6 Å². The van der Waals surface area contributed by atoms with Gasteiger partial charge in [-0.3, -0.25) is 4.79 Å². The van der Waals surface area contributed by atoms with Crippen molar-refractivity contribution in [1.29, 1.82) is 0 Å². The second-order valence-corrected chi connectivity index (χ2v) is 8.97. The number of halogens is 1. The Hall–Kier alpha value is -2.94. The number of aromatic nitrogens is 2. The fraction of sp³-hybridized carbons (Fsp3) is 0.263. The Morgan fingerprint density at radius 1 is 1.21 bits per heavy atom. The van der Waals surface area contributed by atoms with Gasteiger partial charge >= 0.3 is 0 Å². The van der Waals surface area contributed by atoms with E-state index in [2.05, 4.69) is 4.98 Å². The number of sulfone groups is 1. The normalized spacial score (nSPS) is 16.3. The van der Waals surface area contributed by atoms with E-state index in [0.717, 1.165) is 0 Å². The van der Waals surface area contributed by atoms with Gasteiger partial charge in [0.05, 0.1) is 28.0 Å². The summed E-state index contributed by atoms with van der Waals surface area (Å²) >= 11 is 0. The van der Waals surface area contributed by atoms with Crippen LogP contribution < -0.4 is 4.74 Å². The highest BCUT2D eigenvalue weighted by molar-refractivity contribution is 7.91. The molecule has 1 aliphatic heterocycles. The van der Waals surface area contributed by atoms with Crippen molar-refractivity contribution < 1.29 is 22.3 Å². The molecular formula is C19H18FN3O4S. The molecule has 3 heterocycles. The lowest BCUT2D eigenvalue weighted by Crippen LogP contribution is -2.43. The number of pyridine rings is 1. The van der Waals surface area contributed by atoms with Crippen LogP contribution in [0.1, 0.15) is 10.4 Å². The molecule has 28 heavy (non-hydrogen) atoms. The third-order valence-corrected chi connectivity index (χ3v) is 6.35. The molecule has 7 nitrogen and oxygen atoms in total. The fourth-order valence-corrected chi connectivity index (χ4v) is 4.46. The summed E-state index contributed by atoms with van der Waals surface area (Å²) in [6.07, 6.45) is 3.20. The predicted molar refractivity (Wildman–Crippen MR) is 102 cm³/mol. The van der Waals surface area contributed by atoms with Crippen LogP contribution in [0.5, 0.6) is 11.6 Å². The lowest BCUT2D eigenvalue weighted by atomic mass is 10.2. The van der Waals surface area contributed by atoms with Crippen molar-refractivity contribution in [2.24, 2.45) is 7.05 Å². The highest BCUT2D eigenvalue weighted by atomic mass is 32.2. The Kier molecular flexibility index (Phi) is 4.54. The maximum atomic E-state index is 13.4. The highest BCUT2D eigenvalue weighted by Crippen LogP contribution is 2.31. The molecule has 1 saturated heterocycles. The number of carbonyl (C=O) groups is 1. The van der Waals surface area contributed by atoms with Crippen LogP contribution in [0.4, 0.5) is 4.39 Å². The molecule has 1 fully saturated rings. The van der Waals surface area contributed by atoms with Gasteiger partial charge in [-0.05, 0) is 18.2 Å². The number of nitrogens with zero attached hydrogens (tertiary/aromatic N) is 3. The summed E-state index contributed by atoms with van der Waals surface area (Å²) in [6, 6.07) is 7.50. The van der Waals surface area contributed by atoms with Crippen molar-refractivity contribution in [3.05, 3.63) is 54.1 Å². The van der Waals surface area contributed by atoms with Crippen LogP contribution in [0.15, 0.2) is 42.7 Å². The Labute approximate surface area is 161 Å². The molecule has 0 atom stereocenters. The number of carbonyl (C=O) groups excluding carboxylic acids is 1. The average molecular weight is 403 g/mol. The lowest BCUT2D eigenvalue weighted by Gasteiger charge is -2.27. The standard InChI is InChI=1S/C19H18FN3O4S/c1-22-6-5-15-17(22)16(19(24)23-7-9-28(25,26)10-8-23)12-21-18(15)27-14-4-2-3-13(20)11-14/h2-6,11-12H,7-10H2,1H3. The van der Waals surface area contributed by atoms with E-state index in [1.165, 1.54) is 29.3 Å². The van der Waals surface area contributed by atoms with Gasteiger partial charge in [-0.25, -0.2) is 17.8 Å². The number of fused-ring (bicyclic) bond motifs is 1. The molecule has 0 N–H and O–H groups in total. The highest BCUT2D eigenvalue weighted by Gasteiger charge is 2.28. The maximum absolute atomic E-state index is 13.4. The zero-order valence-corrected chi connectivity index (χ0v) is 15.9. The van der Waals surface area contributed by atoms with Crippen molar-refractivity contribution in [3.63, 3.8) is 0 Å². The molecule has 0 spiro atoms. The summed E-state index contributed by atoms with van der Waals surface area (Å²) in [5.74, 6) is -0.205. The fourth-order valence-electron chi connectivity index (χ4n) is 3.26. The topological polar surface area (TPSA) is 81.5 Å². The van der Waals surface area contributed by atoms with Crippen LogP contribution in [0.3, 0.4) is 0 Å². The van der Waals surface area contributed by atoms with Gasteiger partial charge in [0.2, 0.25) is 5.88 Å². The van der Waals surface area contributed by atoms with E-state index in [1.54, 1.807) is 29.9 Å². The first-order valence-electron chi connectivity index (χ1n) is 8.71. The zero-order chi connectivity index (χ0) is 19.9. The SMILES string of the molecule is Cn1ccc2c(Oc3cccc(F)c3)ncc(C(=O)N3CCS(=O)(=O)CC3)c21. The minimum Gasteiger partial charge on any atom is -0.438 e. The third kappa shape index (κ3) is 3.45. The van der Waals surface area contributed by atoms with Gasteiger partial charge in [-0.15, -0.1) is 0 Å². The summed E-state index contributed by atoms with van der Waals surface area (Å²) in [6.45, 7) is 0.323. The van der Waals surface area contributed by atoms with E-state index < -0.39 is 15.7 Å². The Morgan fingerprint density at radius 2 is 1.96 bits per heavy atom. The summed E-state index contributed by atoms with van der Waals surface area (Å²) in [5, 5.41) is 0.613. The molecule has 1 amide bonds. The molecule has 0 aliphatic carbocycles. The summed E-state index contributed by atoms with van der Waals surface area (Å²) in [7, 11) is -1.28. The number of hydrogen-bond donors (Lipinski definition) is 0. The Bertz CT molecular complexity index is 1160. The second-order valence-electron chi connectivity index (χ2n) is 6.67. The Morgan fingerprint density at radius 3 is 2.68 bits per heavy atom. The monoisotopic (exact) mass is 403 g/mol. The van der Waals surface area contributed by atoms with Crippen molar-refractivity contribution in [2.45, 2.75) is 0 Å². The Balaban J connectivity index is 1.69. The van der Waals surface area contributed by atoms with Gasteiger partial charge in [0.1, 0.15) is 11.6 Å². The quantitative estimate of drug-likeness (QED) is 0.671. The number of amides is 1. The van der Waals surface area contributed by atoms with E-state index >= 15 is 0 Å². The van der Waals surface area contributed by atoms with Crippen LogP contribution in [0.25, 0.3) is 10.9 Å². The van der Waals surface area contributed by atoms with Gasteiger partial charge in [-0.2, -0.15) is 0 Å². The first-order valence-corrected chi connectivity index (χ1v) is 10.5. The van der Waals surface area contributed by atoms with Gasteiger partial charge < -0.3 is 14.2 Å². The van der Waals surface area contributed by atoms with Crippen molar-refractivity contribution >= 4 is 26.6 Å². The van der Waals surface area contributed by atoms with E-state index in [1.807, 2.05) is 0 Å². The van der Waals surface area contributed by atoms with Gasteiger partial charge in [-0.1, -0.05) is 6.07 Å². The van der Waals surface area contributed by atoms with Crippen LogP contribution in [-0.4, -0.2) is 53.4 Å². The summed E-state index contributed by atoms with van der Waals surface area (Å²) < 4.78 is 44.2. The van der Waals surface area contributed by atoms with E-state index in [-0.39, 0.29) is 36.4 Å². The zero-order valence-electron chi connectivity index (χ0n) is 15.1. The minimum atomic E-state index is -3.08. The van der Waals surface area contributed by atoms with Crippen molar-refractivity contribution in [2.75, 3.05) is 24.6 Å². The minimum absolute atomic E-state index is 0.0385. The first-order chi connectivity index (χ1) is 13.3. The molecule has 0 radical (unpaired) electrons. The van der Waals surface area contributed by atoms with Crippen LogP contribution in [-0.2, 0) is 16.9 Å². The van der Waals surface area contributed by atoms with Crippen LogP contribution in [0, 0.1) is 5.82 Å². The number of ether oxygens (including phenoxy) is 1. The molecule has 1 aromatic carbocycles. The lowest BCUT2D eigenvalue weighted by molar-refractivity contribution is 0.0771.